The lowest BCUT2D eigenvalue weighted by atomic mass is 10.1. The quantitative estimate of drug-likeness (QED) is 0.447. The number of hydrogen-bond acceptors (Lipinski definition) is 5. The molecule has 21 heavy (non-hydrogen) atoms. The Labute approximate surface area is 127 Å². The van der Waals surface area contributed by atoms with Crippen molar-refractivity contribution in [2.75, 3.05) is 0 Å². The molecule has 0 bridgehead atoms. The number of unbranched alkanes of at least 4 members (excludes halogenated alkanes) is 1. The average Bonchev–Trinajstić information content (AvgIpc) is 2.18. The standard InChI is InChI=1S/C15H30N2O4/c1-14(2,3)20-12(18)10-8-7-9-11(16)17-13(19)21-15(4,5)6/h11H,7-10,16H2,1-6H3,(H,17,19). The smallest absolute Gasteiger partial charge is 0.408 e. The maximum atomic E-state index is 11.5. The van der Waals surface area contributed by atoms with E-state index in [4.69, 9.17) is 15.2 Å². The first kappa shape index (κ1) is 19.7. The van der Waals surface area contributed by atoms with Crippen molar-refractivity contribution in [1.29, 1.82) is 0 Å². The third-order valence-corrected chi connectivity index (χ3v) is 2.27. The van der Waals surface area contributed by atoms with Crippen molar-refractivity contribution in [2.24, 2.45) is 5.73 Å². The molecule has 3 N–H and O–H groups in total. The van der Waals surface area contributed by atoms with Crippen LogP contribution in [0, 0.1) is 0 Å². The van der Waals surface area contributed by atoms with E-state index >= 15 is 0 Å². The fraction of sp³-hybridized carbons (Fsp3) is 0.867. The summed E-state index contributed by atoms with van der Waals surface area (Å²) in [4.78, 5) is 23.0. The second-order valence-corrected chi connectivity index (χ2v) is 7.08. The highest BCUT2D eigenvalue weighted by molar-refractivity contribution is 5.69. The summed E-state index contributed by atoms with van der Waals surface area (Å²) in [5.74, 6) is -0.212. The number of nitrogens with two attached hydrogens (primary N) is 1. The predicted molar refractivity (Wildman–Crippen MR) is 81.7 cm³/mol. The van der Waals surface area contributed by atoms with Gasteiger partial charge in [0.1, 0.15) is 11.2 Å². The highest BCUT2D eigenvalue weighted by atomic mass is 16.6. The lowest BCUT2D eigenvalue weighted by Crippen LogP contribution is -2.44. The molecule has 0 fully saturated rings. The number of esters is 1. The molecule has 0 radical (unpaired) electrons. The van der Waals surface area contributed by atoms with E-state index in [0.717, 1.165) is 6.42 Å². The van der Waals surface area contributed by atoms with Gasteiger partial charge in [0.2, 0.25) is 0 Å². The van der Waals surface area contributed by atoms with Crippen molar-refractivity contribution < 1.29 is 19.1 Å². The van der Waals surface area contributed by atoms with E-state index in [1.54, 1.807) is 20.8 Å². The molecule has 1 atom stereocenters. The van der Waals surface area contributed by atoms with Gasteiger partial charge in [-0.3, -0.25) is 4.79 Å². The van der Waals surface area contributed by atoms with Crippen LogP contribution in [0.25, 0.3) is 0 Å². The minimum Gasteiger partial charge on any atom is -0.460 e. The molecule has 124 valence electrons. The summed E-state index contributed by atoms with van der Waals surface area (Å²) in [6, 6.07) is 0. The summed E-state index contributed by atoms with van der Waals surface area (Å²) in [7, 11) is 0. The molecule has 6 nitrogen and oxygen atoms in total. The number of nitrogens with one attached hydrogen (secondary N) is 1. The molecule has 0 aromatic heterocycles. The van der Waals surface area contributed by atoms with Gasteiger partial charge in [0.15, 0.2) is 0 Å². The number of ether oxygens (including phenoxy) is 2. The monoisotopic (exact) mass is 302 g/mol. The number of alkyl carbamates (subject to hydrolysis) is 1. The van der Waals surface area contributed by atoms with Crippen LogP contribution in [0.1, 0.15) is 67.2 Å². The van der Waals surface area contributed by atoms with Gasteiger partial charge in [0.25, 0.3) is 0 Å². The van der Waals surface area contributed by atoms with Crippen LogP contribution in [0.4, 0.5) is 4.79 Å². The Kier molecular flexibility index (Phi) is 7.71. The first-order valence-corrected chi connectivity index (χ1v) is 7.36. The molecule has 0 saturated carbocycles. The maximum absolute atomic E-state index is 11.5. The van der Waals surface area contributed by atoms with E-state index in [0.29, 0.717) is 19.3 Å². The number of amides is 1. The molecule has 6 heteroatoms. The van der Waals surface area contributed by atoms with Gasteiger partial charge >= 0.3 is 12.1 Å². The fourth-order valence-electron chi connectivity index (χ4n) is 1.56. The van der Waals surface area contributed by atoms with Crippen molar-refractivity contribution in [3.8, 4) is 0 Å². The zero-order chi connectivity index (χ0) is 16.7. The van der Waals surface area contributed by atoms with E-state index in [2.05, 4.69) is 5.32 Å². The summed E-state index contributed by atoms with van der Waals surface area (Å²) in [5.41, 5.74) is 4.79. The third kappa shape index (κ3) is 13.4. The Morgan fingerprint density at radius 3 is 2.00 bits per heavy atom. The van der Waals surface area contributed by atoms with Crippen molar-refractivity contribution in [1.82, 2.24) is 5.32 Å². The molecule has 0 aromatic rings. The van der Waals surface area contributed by atoms with Gasteiger partial charge in [-0.15, -0.1) is 0 Å². The van der Waals surface area contributed by atoms with Crippen molar-refractivity contribution >= 4 is 12.1 Å². The Balaban J connectivity index is 3.78. The number of carbonyl (C=O) groups excluding carboxylic acids is 2. The van der Waals surface area contributed by atoms with Crippen molar-refractivity contribution in [3.63, 3.8) is 0 Å². The first-order valence-electron chi connectivity index (χ1n) is 7.36. The molecule has 0 rings (SSSR count). The Morgan fingerprint density at radius 2 is 1.52 bits per heavy atom. The molecular formula is C15H30N2O4. The van der Waals surface area contributed by atoms with Gasteiger partial charge in [-0.05, 0) is 60.8 Å². The summed E-state index contributed by atoms with van der Waals surface area (Å²) in [6.07, 6.45) is 1.36. The van der Waals surface area contributed by atoms with Crippen LogP contribution in [0.3, 0.4) is 0 Å². The van der Waals surface area contributed by atoms with Gasteiger partial charge in [-0.2, -0.15) is 0 Å². The minimum absolute atomic E-state index is 0.212. The highest BCUT2D eigenvalue weighted by Crippen LogP contribution is 2.11. The molecule has 0 spiro atoms. The summed E-state index contributed by atoms with van der Waals surface area (Å²) in [6.45, 7) is 10.9. The summed E-state index contributed by atoms with van der Waals surface area (Å²) >= 11 is 0. The second kappa shape index (κ2) is 8.22. The summed E-state index contributed by atoms with van der Waals surface area (Å²) < 4.78 is 10.3. The van der Waals surface area contributed by atoms with Crippen LogP contribution >= 0.6 is 0 Å². The topological polar surface area (TPSA) is 90.6 Å². The van der Waals surface area contributed by atoms with Crippen molar-refractivity contribution in [3.05, 3.63) is 0 Å². The number of rotatable bonds is 6. The zero-order valence-corrected chi connectivity index (χ0v) is 14.1. The Bertz CT molecular complexity index is 343. The molecular weight excluding hydrogens is 272 g/mol. The lowest BCUT2D eigenvalue weighted by molar-refractivity contribution is -0.154. The SMILES string of the molecule is CC(C)(C)OC(=O)CCCCC(N)NC(=O)OC(C)(C)C. The fourth-order valence-corrected chi connectivity index (χ4v) is 1.56. The van der Waals surface area contributed by atoms with Gasteiger partial charge < -0.3 is 20.5 Å². The van der Waals surface area contributed by atoms with Gasteiger partial charge in [-0.1, -0.05) is 0 Å². The molecule has 0 aromatic carbocycles. The van der Waals surface area contributed by atoms with Crippen LogP contribution in [0.2, 0.25) is 0 Å². The second-order valence-electron chi connectivity index (χ2n) is 7.08. The molecule has 0 aliphatic heterocycles. The van der Waals surface area contributed by atoms with Crippen LogP contribution in [-0.4, -0.2) is 29.4 Å². The normalized spacial score (nSPS) is 13.5. The first-order chi connectivity index (χ1) is 9.39. The molecule has 0 aliphatic carbocycles. The van der Waals surface area contributed by atoms with E-state index < -0.39 is 23.5 Å². The molecule has 1 unspecified atom stereocenters. The van der Waals surface area contributed by atoms with Crippen LogP contribution in [0.15, 0.2) is 0 Å². The lowest BCUT2D eigenvalue weighted by Gasteiger charge is -2.22. The molecule has 1 amide bonds. The average molecular weight is 302 g/mol. The van der Waals surface area contributed by atoms with Gasteiger partial charge in [0, 0.05) is 6.42 Å². The third-order valence-electron chi connectivity index (χ3n) is 2.27. The van der Waals surface area contributed by atoms with E-state index in [1.807, 2.05) is 20.8 Å². The zero-order valence-electron chi connectivity index (χ0n) is 14.1. The van der Waals surface area contributed by atoms with Crippen molar-refractivity contribution in [2.45, 2.75) is 84.6 Å². The Hall–Kier alpha value is -1.30. The largest absolute Gasteiger partial charge is 0.460 e. The summed E-state index contributed by atoms with van der Waals surface area (Å²) in [5, 5.41) is 2.56. The van der Waals surface area contributed by atoms with Gasteiger partial charge in [-0.25, -0.2) is 4.79 Å². The Morgan fingerprint density at radius 1 is 1.00 bits per heavy atom. The predicted octanol–water partition coefficient (Wildman–Crippen LogP) is 2.70. The number of carbonyl (C=O) groups is 2. The van der Waals surface area contributed by atoms with E-state index in [1.165, 1.54) is 0 Å². The van der Waals surface area contributed by atoms with Gasteiger partial charge in [0.05, 0.1) is 6.17 Å². The maximum Gasteiger partial charge on any atom is 0.408 e. The number of hydrogen-bond donors (Lipinski definition) is 2. The van der Waals surface area contributed by atoms with Crippen LogP contribution < -0.4 is 11.1 Å². The van der Waals surface area contributed by atoms with Crippen LogP contribution in [-0.2, 0) is 14.3 Å². The molecule has 0 heterocycles. The van der Waals surface area contributed by atoms with E-state index in [9.17, 15) is 9.59 Å². The highest BCUT2D eigenvalue weighted by Gasteiger charge is 2.18. The van der Waals surface area contributed by atoms with E-state index in [-0.39, 0.29) is 5.97 Å². The van der Waals surface area contributed by atoms with Crippen LogP contribution in [0.5, 0.6) is 0 Å². The molecule has 0 saturated heterocycles. The minimum atomic E-state index is -0.541. The molecule has 0 aliphatic rings.